The average Bonchev–Trinajstić information content (AvgIpc) is 3.05. The lowest BCUT2D eigenvalue weighted by atomic mass is 10.2. The Morgan fingerprint density at radius 1 is 1.17 bits per heavy atom. The maximum atomic E-state index is 12.5. The topological polar surface area (TPSA) is 44.8 Å². The van der Waals surface area contributed by atoms with E-state index in [9.17, 15) is 13.6 Å². The molecule has 2 aliphatic rings. The summed E-state index contributed by atoms with van der Waals surface area (Å²) >= 11 is 0. The summed E-state index contributed by atoms with van der Waals surface area (Å²) in [6, 6.07) is 6.31. The standard InChI is InChI=1S/C16H21F2N3O2/c17-16(18)23-14-3-1-12(2-4-14)15(22)21-8-5-13(11-21)20-9-6-19-7-10-20/h1-4,13,16,19H,5-11H2. The Kier molecular flexibility index (Phi) is 5.07. The highest BCUT2D eigenvalue weighted by Gasteiger charge is 2.31. The van der Waals surface area contributed by atoms with Crippen LogP contribution in [0.15, 0.2) is 24.3 Å². The summed E-state index contributed by atoms with van der Waals surface area (Å²) in [7, 11) is 0. The number of amides is 1. The van der Waals surface area contributed by atoms with Gasteiger partial charge in [0.1, 0.15) is 5.75 Å². The van der Waals surface area contributed by atoms with Gasteiger partial charge in [0.15, 0.2) is 0 Å². The highest BCUT2D eigenvalue weighted by molar-refractivity contribution is 5.94. The molecule has 0 radical (unpaired) electrons. The van der Waals surface area contributed by atoms with E-state index in [4.69, 9.17) is 0 Å². The van der Waals surface area contributed by atoms with Gasteiger partial charge in [-0.15, -0.1) is 0 Å². The van der Waals surface area contributed by atoms with Crippen molar-refractivity contribution in [2.75, 3.05) is 39.3 Å². The van der Waals surface area contributed by atoms with Gasteiger partial charge in [-0.05, 0) is 30.7 Å². The zero-order chi connectivity index (χ0) is 16.2. The first-order valence-corrected chi connectivity index (χ1v) is 7.92. The number of hydrogen-bond donors (Lipinski definition) is 1. The summed E-state index contributed by atoms with van der Waals surface area (Å²) < 4.78 is 28.6. The Morgan fingerprint density at radius 3 is 2.52 bits per heavy atom. The van der Waals surface area contributed by atoms with E-state index in [2.05, 4.69) is 15.0 Å². The molecule has 126 valence electrons. The van der Waals surface area contributed by atoms with Crippen LogP contribution in [-0.2, 0) is 0 Å². The van der Waals surface area contributed by atoms with Crippen LogP contribution in [0.2, 0.25) is 0 Å². The Hall–Kier alpha value is -1.73. The van der Waals surface area contributed by atoms with E-state index in [0.29, 0.717) is 11.6 Å². The Morgan fingerprint density at radius 2 is 1.87 bits per heavy atom. The number of carbonyl (C=O) groups excluding carboxylic acids is 1. The molecule has 1 N–H and O–H groups in total. The van der Waals surface area contributed by atoms with E-state index >= 15 is 0 Å². The predicted molar refractivity (Wildman–Crippen MR) is 81.8 cm³/mol. The van der Waals surface area contributed by atoms with Crippen LogP contribution >= 0.6 is 0 Å². The van der Waals surface area contributed by atoms with Gasteiger partial charge in [0.05, 0.1) is 0 Å². The molecular formula is C16H21F2N3O2. The molecule has 1 amide bonds. The van der Waals surface area contributed by atoms with Crippen LogP contribution in [0.1, 0.15) is 16.8 Å². The lowest BCUT2D eigenvalue weighted by Gasteiger charge is -2.32. The lowest BCUT2D eigenvalue weighted by Crippen LogP contribution is -2.49. The number of halogens is 2. The second-order valence-electron chi connectivity index (χ2n) is 5.88. The molecule has 23 heavy (non-hydrogen) atoms. The van der Waals surface area contributed by atoms with Gasteiger partial charge in [-0.25, -0.2) is 0 Å². The summed E-state index contributed by atoms with van der Waals surface area (Å²) in [5.41, 5.74) is 0.507. The van der Waals surface area contributed by atoms with Crippen molar-refractivity contribution in [2.45, 2.75) is 19.1 Å². The highest BCUT2D eigenvalue weighted by Crippen LogP contribution is 2.20. The van der Waals surface area contributed by atoms with Gasteiger partial charge < -0.3 is 15.0 Å². The summed E-state index contributed by atoms with van der Waals surface area (Å²) in [6.07, 6.45) is 0.984. The van der Waals surface area contributed by atoms with Crippen LogP contribution in [0.3, 0.4) is 0 Å². The van der Waals surface area contributed by atoms with Crippen molar-refractivity contribution in [3.63, 3.8) is 0 Å². The van der Waals surface area contributed by atoms with E-state index in [-0.39, 0.29) is 11.7 Å². The molecule has 0 bridgehead atoms. The van der Waals surface area contributed by atoms with Crippen LogP contribution in [-0.4, -0.2) is 67.6 Å². The molecule has 1 aromatic rings. The number of carbonyl (C=O) groups is 1. The van der Waals surface area contributed by atoms with Gasteiger partial charge in [0.25, 0.3) is 5.91 Å². The zero-order valence-corrected chi connectivity index (χ0v) is 12.9. The molecule has 1 aromatic carbocycles. The largest absolute Gasteiger partial charge is 0.435 e. The Labute approximate surface area is 134 Å². The van der Waals surface area contributed by atoms with Crippen molar-refractivity contribution in [1.82, 2.24) is 15.1 Å². The molecule has 2 aliphatic heterocycles. The van der Waals surface area contributed by atoms with Crippen molar-refractivity contribution in [3.05, 3.63) is 29.8 Å². The molecule has 2 saturated heterocycles. The first-order chi connectivity index (χ1) is 11.1. The van der Waals surface area contributed by atoms with E-state index in [1.807, 2.05) is 4.90 Å². The molecule has 0 aromatic heterocycles. The molecule has 0 spiro atoms. The highest BCUT2D eigenvalue weighted by atomic mass is 19.3. The van der Waals surface area contributed by atoms with E-state index < -0.39 is 6.61 Å². The van der Waals surface area contributed by atoms with Crippen molar-refractivity contribution in [3.8, 4) is 5.75 Å². The van der Waals surface area contributed by atoms with Gasteiger partial charge in [-0.1, -0.05) is 0 Å². The van der Waals surface area contributed by atoms with Crippen molar-refractivity contribution < 1.29 is 18.3 Å². The van der Waals surface area contributed by atoms with E-state index in [1.54, 1.807) is 0 Å². The minimum atomic E-state index is -2.85. The van der Waals surface area contributed by atoms with Crippen LogP contribution in [0.25, 0.3) is 0 Å². The molecule has 3 rings (SSSR count). The molecule has 2 fully saturated rings. The zero-order valence-electron chi connectivity index (χ0n) is 12.9. The monoisotopic (exact) mass is 325 g/mol. The number of benzene rings is 1. The van der Waals surface area contributed by atoms with E-state index in [0.717, 1.165) is 45.7 Å². The Bertz CT molecular complexity index is 533. The average molecular weight is 325 g/mol. The number of alkyl halides is 2. The fourth-order valence-electron chi connectivity index (χ4n) is 3.23. The van der Waals surface area contributed by atoms with Crippen LogP contribution < -0.4 is 10.1 Å². The smallest absolute Gasteiger partial charge is 0.387 e. The SMILES string of the molecule is O=C(c1ccc(OC(F)F)cc1)N1CCC(N2CCNCC2)C1. The third-order valence-corrected chi connectivity index (χ3v) is 4.45. The molecule has 2 heterocycles. The van der Waals surface area contributed by atoms with Gasteiger partial charge in [-0.3, -0.25) is 9.69 Å². The fraction of sp³-hybridized carbons (Fsp3) is 0.562. The number of nitrogens with one attached hydrogen (secondary N) is 1. The van der Waals surface area contributed by atoms with Crippen LogP contribution in [0.5, 0.6) is 5.75 Å². The molecule has 1 unspecified atom stereocenters. The number of piperazine rings is 1. The van der Waals surface area contributed by atoms with Crippen molar-refractivity contribution in [1.29, 1.82) is 0 Å². The van der Waals surface area contributed by atoms with Crippen molar-refractivity contribution in [2.24, 2.45) is 0 Å². The van der Waals surface area contributed by atoms with Gasteiger partial charge >= 0.3 is 6.61 Å². The lowest BCUT2D eigenvalue weighted by molar-refractivity contribution is -0.0498. The normalized spacial score (nSPS) is 22.6. The molecule has 0 aliphatic carbocycles. The first-order valence-electron chi connectivity index (χ1n) is 7.92. The van der Waals surface area contributed by atoms with Crippen LogP contribution in [0.4, 0.5) is 8.78 Å². The molecule has 5 nitrogen and oxygen atoms in total. The number of nitrogens with zero attached hydrogens (tertiary/aromatic N) is 2. The molecular weight excluding hydrogens is 304 g/mol. The number of ether oxygens (including phenoxy) is 1. The minimum absolute atomic E-state index is 0.0498. The van der Waals surface area contributed by atoms with Gasteiger partial charge in [-0.2, -0.15) is 8.78 Å². The number of hydrogen-bond acceptors (Lipinski definition) is 4. The summed E-state index contributed by atoms with van der Waals surface area (Å²) in [5.74, 6) is 0.0166. The second kappa shape index (κ2) is 7.23. The molecule has 7 heteroatoms. The van der Waals surface area contributed by atoms with Crippen molar-refractivity contribution >= 4 is 5.91 Å². The second-order valence-corrected chi connectivity index (χ2v) is 5.88. The first kappa shape index (κ1) is 16.1. The summed E-state index contributed by atoms with van der Waals surface area (Å²) in [6.45, 7) is 2.65. The molecule has 0 saturated carbocycles. The molecule has 1 atom stereocenters. The van der Waals surface area contributed by atoms with Gasteiger partial charge in [0, 0.05) is 50.9 Å². The third-order valence-electron chi connectivity index (χ3n) is 4.45. The predicted octanol–water partition coefficient (Wildman–Crippen LogP) is 1.41. The third kappa shape index (κ3) is 3.97. The van der Waals surface area contributed by atoms with Crippen LogP contribution in [0, 0.1) is 0 Å². The maximum Gasteiger partial charge on any atom is 0.387 e. The van der Waals surface area contributed by atoms with Gasteiger partial charge in [0.2, 0.25) is 0 Å². The fourth-order valence-corrected chi connectivity index (χ4v) is 3.23. The minimum Gasteiger partial charge on any atom is -0.435 e. The maximum absolute atomic E-state index is 12.5. The summed E-state index contributed by atoms with van der Waals surface area (Å²) in [5, 5.41) is 3.33. The number of likely N-dealkylation sites (tertiary alicyclic amines) is 1. The summed E-state index contributed by atoms with van der Waals surface area (Å²) in [4.78, 5) is 16.8. The quantitative estimate of drug-likeness (QED) is 0.909. The Balaban J connectivity index is 1.58. The van der Waals surface area contributed by atoms with E-state index in [1.165, 1.54) is 24.3 Å². The number of rotatable bonds is 4.